The zero-order chi connectivity index (χ0) is 15.6. The molecule has 1 heterocycles. The van der Waals surface area contributed by atoms with Crippen molar-refractivity contribution < 1.29 is 0 Å². The van der Waals surface area contributed by atoms with Crippen molar-refractivity contribution in [1.29, 1.82) is 0 Å². The maximum absolute atomic E-state index is 12.4. The van der Waals surface area contributed by atoms with Gasteiger partial charge in [0.05, 0.1) is 6.54 Å². The minimum Gasteiger partial charge on any atom is -0.300 e. The Balaban J connectivity index is 2.52. The molecule has 0 fully saturated rings. The number of benzene rings is 1. The van der Waals surface area contributed by atoms with Gasteiger partial charge >= 0.3 is 5.69 Å². The molecular weight excluding hydrogens is 264 g/mol. The average Bonchev–Trinajstić information content (AvgIpc) is 2.40. The molecule has 0 saturated heterocycles. The van der Waals surface area contributed by atoms with Crippen LogP contribution in [0.2, 0.25) is 0 Å². The predicted molar refractivity (Wildman–Crippen MR) is 85.0 cm³/mol. The van der Waals surface area contributed by atoms with Crippen LogP contribution in [0.15, 0.2) is 34.0 Å². The molecule has 4 nitrogen and oxygen atoms in total. The molecule has 112 valence electrons. The van der Waals surface area contributed by atoms with Crippen LogP contribution >= 0.6 is 0 Å². The molecule has 0 radical (unpaired) electrons. The van der Waals surface area contributed by atoms with Crippen molar-refractivity contribution in [3.8, 4) is 0 Å². The molecule has 21 heavy (non-hydrogen) atoms. The van der Waals surface area contributed by atoms with Gasteiger partial charge in [0.25, 0.3) is 5.56 Å². The predicted octanol–water partition coefficient (Wildman–Crippen LogP) is 2.39. The summed E-state index contributed by atoms with van der Waals surface area (Å²) in [5, 5.41) is 0. The van der Waals surface area contributed by atoms with Crippen LogP contribution in [-0.4, -0.2) is 9.13 Å². The quantitative estimate of drug-likeness (QED) is 0.866. The van der Waals surface area contributed by atoms with E-state index in [-0.39, 0.29) is 11.2 Å². The van der Waals surface area contributed by atoms with Crippen LogP contribution < -0.4 is 11.2 Å². The molecule has 2 rings (SSSR count). The van der Waals surface area contributed by atoms with Crippen molar-refractivity contribution in [3.63, 3.8) is 0 Å². The molecule has 0 N–H and O–H groups in total. The van der Waals surface area contributed by atoms with Crippen molar-refractivity contribution in [2.24, 2.45) is 0 Å². The van der Waals surface area contributed by atoms with Gasteiger partial charge in [0.1, 0.15) is 0 Å². The third-order valence-corrected chi connectivity index (χ3v) is 3.76. The summed E-state index contributed by atoms with van der Waals surface area (Å²) in [6, 6.07) is 5.64. The van der Waals surface area contributed by atoms with Gasteiger partial charge in [0.15, 0.2) is 0 Å². The van der Waals surface area contributed by atoms with Gasteiger partial charge in [-0.05, 0) is 43.9 Å². The minimum atomic E-state index is -0.244. The van der Waals surface area contributed by atoms with E-state index >= 15 is 0 Å². The Morgan fingerprint density at radius 3 is 2.24 bits per heavy atom. The van der Waals surface area contributed by atoms with Crippen LogP contribution in [0.1, 0.15) is 35.6 Å². The topological polar surface area (TPSA) is 44.0 Å². The van der Waals surface area contributed by atoms with Gasteiger partial charge in [-0.2, -0.15) is 0 Å². The van der Waals surface area contributed by atoms with E-state index in [0.29, 0.717) is 13.1 Å². The lowest BCUT2D eigenvalue weighted by atomic mass is 10.00. The lowest BCUT2D eigenvalue weighted by Crippen LogP contribution is -2.39. The summed E-state index contributed by atoms with van der Waals surface area (Å²) in [4.78, 5) is 24.4. The highest BCUT2D eigenvalue weighted by atomic mass is 16.2. The second kappa shape index (κ2) is 6.12. The highest BCUT2D eigenvalue weighted by Crippen LogP contribution is 2.16. The molecular formula is C17H22N2O2. The van der Waals surface area contributed by atoms with Gasteiger partial charge in [0.2, 0.25) is 0 Å². The Kier molecular flexibility index (Phi) is 4.46. The first-order valence-corrected chi connectivity index (χ1v) is 7.31. The normalized spacial score (nSPS) is 10.9. The molecule has 0 saturated carbocycles. The summed E-state index contributed by atoms with van der Waals surface area (Å²) in [5.41, 5.74) is 4.00. The molecule has 0 unspecified atom stereocenters. The third-order valence-electron chi connectivity index (χ3n) is 3.76. The van der Waals surface area contributed by atoms with Gasteiger partial charge in [-0.1, -0.05) is 24.6 Å². The van der Waals surface area contributed by atoms with E-state index in [9.17, 15) is 9.59 Å². The van der Waals surface area contributed by atoms with Crippen LogP contribution in [0.3, 0.4) is 0 Å². The second-order valence-electron chi connectivity index (χ2n) is 5.59. The van der Waals surface area contributed by atoms with Gasteiger partial charge in [-0.25, -0.2) is 4.79 Å². The fraction of sp³-hybridized carbons (Fsp3) is 0.412. The molecule has 4 heteroatoms. The molecule has 2 aromatic rings. The summed E-state index contributed by atoms with van der Waals surface area (Å²) in [6.45, 7) is 9.07. The van der Waals surface area contributed by atoms with Crippen molar-refractivity contribution >= 4 is 0 Å². The van der Waals surface area contributed by atoms with Crippen molar-refractivity contribution in [2.45, 2.75) is 47.2 Å². The lowest BCUT2D eigenvalue weighted by Gasteiger charge is -2.14. The van der Waals surface area contributed by atoms with Crippen LogP contribution in [0, 0.1) is 20.8 Å². The van der Waals surface area contributed by atoms with Gasteiger partial charge in [-0.15, -0.1) is 0 Å². The average molecular weight is 286 g/mol. The van der Waals surface area contributed by atoms with E-state index in [1.807, 2.05) is 27.7 Å². The van der Waals surface area contributed by atoms with E-state index in [4.69, 9.17) is 0 Å². The SMILES string of the molecule is CCCn1ccc(=O)n(Cc2c(C)cc(C)cc2C)c1=O. The molecule has 1 aromatic heterocycles. The Morgan fingerprint density at radius 1 is 1.05 bits per heavy atom. The largest absolute Gasteiger partial charge is 0.331 e. The summed E-state index contributed by atoms with van der Waals surface area (Å²) >= 11 is 0. The van der Waals surface area contributed by atoms with Crippen molar-refractivity contribution in [2.75, 3.05) is 0 Å². The van der Waals surface area contributed by atoms with Crippen molar-refractivity contribution in [3.05, 3.63) is 67.5 Å². The van der Waals surface area contributed by atoms with Gasteiger partial charge < -0.3 is 4.57 Å². The number of rotatable bonds is 4. The fourth-order valence-corrected chi connectivity index (χ4v) is 2.73. The molecule has 0 amide bonds. The van der Waals surface area contributed by atoms with Crippen LogP contribution in [0.25, 0.3) is 0 Å². The Morgan fingerprint density at radius 2 is 1.67 bits per heavy atom. The summed E-state index contributed by atoms with van der Waals surface area (Å²) < 4.78 is 2.92. The lowest BCUT2D eigenvalue weighted by molar-refractivity contribution is 0.569. The van der Waals surface area contributed by atoms with Gasteiger partial charge in [-0.3, -0.25) is 9.36 Å². The molecule has 0 bridgehead atoms. The summed E-state index contributed by atoms with van der Waals surface area (Å²) in [7, 11) is 0. The van der Waals surface area contributed by atoms with Crippen molar-refractivity contribution in [1.82, 2.24) is 9.13 Å². The number of aryl methyl sites for hydroxylation is 4. The Labute approximate surface area is 124 Å². The highest BCUT2D eigenvalue weighted by molar-refractivity contribution is 5.37. The molecule has 1 aromatic carbocycles. The summed E-state index contributed by atoms with van der Waals surface area (Å²) in [5.74, 6) is 0. The number of hydrogen-bond acceptors (Lipinski definition) is 2. The molecule has 0 aliphatic rings. The standard InChI is InChI=1S/C17H22N2O2/c1-5-7-18-8-6-16(20)19(17(18)21)11-15-13(3)9-12(2)10-14(15)4/h6,8-10H,5,7,11H2,1-4H3. The molecule has 0 spiro atoms. The smallest absolute Gasteiger partial charge is 0.300 e. The van der Waals surface area contributed by atoms with Crippen LogP contribution in [0.4, 0.5) is 0 Å². The van der Waals surface area contributed by atoms with E-state index in [1.54, 1.807) is 10.8 Å². The minimum absolute atomic E-state index is 0.233. The first kappa shape index (κ1) is 15.3. The molecule has 0 atom stereocenters. The second-order valence-corrected chi connectivity index (χ2v) is 5.59. The van der Waals surface area contributed by atoms with E-state index in [2.05, 4.69) is 12.1 Å². The molecule has 0 aliphatic heterocycles. The van der Waals surface area contributed by atoms with E-state index < -0.39 is 0 Å². The van der Waals surface area contributed by atoms with E-state index in [1.165, 1.54) is 16.2 Å². The summed E-state index contributed by atoms with van der Waals surface area (Å²) in [6.07, 6.45) is 2.44. The number of aromatic nitrogens is 2. The highest BCUT2D eigenvalue weighted by Gasteiger charge is 2.09. The van der Waals surface area contributed by atoms with Gasteiger partial charge in [0, 0.05) is 18.8 Å². The molecule has 0 aliphatic carbocycles. The maximum Gasteiger partial charge on any atom is 0.331 e. The zero-order valence-corrected chi connectivity index (χ0v) is 13.1. The monoisotopic (exact) mass is 286 g/mol. The first-order chi connectivity index (χ1) is 9.93. The number of hydrogen-bond donors (Lipinski definition) is 0. The zero-order valence-electron chi connectivity index (χ0n) is 13.1. The fourth-order valence-electron chi connectivity index (χ4n) is 2.73. The maximum atomic E-state index is 12.4. The third kappa shape index (κ3) is 3.15. The van der Waals surface area contributed by atoms with Crippen LogP contribution in [-0.2, 0) is 13.1 Å². The van der Waals surface area contributed by atoms with Crippen LogP contribution in [0.5, 0.6) is 0 Å². The van der Waals surface area contributed by atoms with E-state index in [0.717, 1.165) is 23.1 Å². The first-order valence-electron chi connectivity index (χ1n) is 7.31. The Hall–Kier alpha value is -2.10. The number of nitrogens with zero attached hydrogens (tertiary/aromatic N) is 2. The Bertz CT molecular complexity index is 746.